The van der Waals surface area contributed by atoms with Gasteiger partial charge >= 0.3 is 0 Å². The molecule has 0 aliphatic rings. The first-order valence-corrected chi connectivity index (χ1v) is 6.21. The molecule has 0 aliphatic heterocycles. The van der Waals surface area contributed by atoms with Crippen molar-refractivity contribution in [2.45, 2.75) is 19.9 Å². The van der Waals surface area contributed by atoms with Gasteiger partial charge in [-0.15, -0.1) is 0 Å². The molecule has 0 saturated heterocycles. The van der Waals surface area contributed by atoms with Gasteiger partial charge in [0.15, 0.2) is 0 Å². The fraction of sp³-hybridized carbons (Fsp3) is 0.231. The lowest BCUT2D eigenvalue weighted by atomic mass is 10.3. The molecule has 0 fully saturated rings. The summed E-state index contributed by atoms with van der Waals surface area (Å²) >= 11 is 11.8. The van der Waals surface area contributed by atoms with Gasteiger partial charge in [0.1, 0.15) is 11.5 Å². The zero-order valence-electron chi connectivity index (χ0n) is 9.47. The van der Waals surface area contributed by atoms with Gasteiger partial charge < -0.3 is 9.73 Å². The molecule has 1 aromatic carbocycles. The van der Waals surface area contributed by atoms with Gasteiger partial charge in [0.2, 0.25) is 0 Å². The third kappa shape index (κ3) is 3.18. The second-order valence-corrected chi connectivity index (χ2v) is 4.52. The summed E-state index contributed by atoms with van der Waals surface area (Å²) in [5.74, 6) is 1.91. The summed E-state index contributed by atoms with van der Waals surface area (Å²) in [4.78, 5) is 0. The van der Waals surface area contributed by atoms with Gasteiger partial charge in [0.25, 0.3) is 0 Å². The van der Waals surface area contributed by atoms with Gasteiger partial charge in [0.05, 0.1) is 16.6 Å². The Balaban J connectivity index is 1.99. The Labute approximate surface area is 111 Å². The molecule has 1 N–H and O–H groups in total. The highest BCUT2D eigenvalue weighted by Gasteiger charge is 2.02. The van der Waals surface area contributed by atoms with E-state index in [1.165, 1.54) is 0 Å². The molecule has 2 aromatic rings. The van der Waals surface area contributed by atoms with E-state index in [-0.39, 0.29) is 0 Å². The lowest BCUT2D eigenvalue weighted by molar-refractivity contribution is 0.476. The average molecular weight is 270 g/mol. The largest absolute Gasteiger partial charge is 0.464 e. The number of halogens is 2. The normalized spacial score (nSPS) is 10.5. The predicted octanol–water partition coefficient (Wildman–Crippen LogP) is 4.76. The third-order valence-corrected chi connectivity index (χ3v) is 3.19. The van der Waals surface area contributed by atoms with Crippen LogP contribution in [-0.2, 0) is 13.0 Å². The fourth-order valence-corrected chi connectivity index (χ4v) is 1.80. The monoisotopic (exact) mass is 269 g/mol. The molecule has 2 nitrogen and oxygen atoms in total. The number of nitrogens with one attached hydrogen (secondary N) is 1. The van der Waals surface area contributed by atoms with Crippen LogP contribution in [0.25, 0.3) is 0 Å². The molecule has 0 amide bonds. The minimum atomic E-state index is 0.547. The van der Waals surface area contributed by atoms with E-state index in [4.69, 9.17) is 27.6 Å². The van der Waals surface area contributed by atoms with Crippen molar-refractivity contribution < 1.29 is 4.42 Å². The van der Waals surface area contributed by atoms with E-state index in [0.717, 1.165) is 23.6 Å². The molecule has 0 bridgehead atoms. The summed E-state index contributed by atoms with van der Waals surface area (Å²) in [5, 5.41) is 4.33. The van der Waals surface area contributed by atoms with Crippen molar-refractivity contribution in [2.75, 3.05) is 5.32 Å². The van der Waals surface area contributed by atoms with Gasteiger partial charge in [-0.25, -0.2) is 0 Å². The van der Waals surface area contributed by atoms with Crippen LogP contribution < -0.4 is 5.32 Å². The zero-order chi connectivity index (χ0) is 12.3. The molecule has 0 aliphatic carbocycles. The number of benzene rings is 1. The van der Waals surface area contributed by atoms with Gasteiger partial charge in [-0.05, 0) is 30.3 Å². The lowest BCUT2D eigenvalue weighted by Crippen LogP contribution is -1.97. The summed E-state index contributed by atoms with van der Waals surface area (Å²) in [5.41, 5.74) is 0.925. The van der Waals surface area contributed by atoms with E-state index in [1.54, 1.807) is 12.1 Å². The minimum absolute atomic E-state index is 0.547. The summed E-state index contributed by atoms with van der Waals surface area (Å²) in [7, 11) is 0. The first-order valence-electron chi connectivity index (χ1n) is 5.45. The summed E-state index contributed by atoms with van der Waals surface area (Å²) < 4.78 is 5.59. The van der Waals surface area contributed by atoms with Crippen molar-refractivity contribution in [3.63, 3.8) is 0 Å². The Morgan fingerprint density at radius 2 is 1.82 bits per heavy atom. The number of hydrogen-bond donors (Lipinski definition) is 1. The van der Waals surface area contributed by atoms with Crippen LogP contribution in [-0.4, -0.2) is 0 Å². The highest BCUT2D eigenvalue weighted by molar-refractivity contribution is 6.42. The number of rotatable bonds is 4. The maximum absolute atomic E-state index is 5.93. The third-order valence-electron chi connectivity index (χ3n) is 2.45. The molecular weight excluding hydrogens is 257 g/mol. The lowest BCUT2D eigenvalue weighted by Gasteiger charge is -2.05. The molecule has 1 heterocycles. The molecule has 0 radical (unpaired) electrons. The van der Waals surface area contributed by atoms with Crippen molar-refractivity contribution in [1.82, 2.24) is 0 Å². The zero-order valence-corrected chi connectivity index (χ0v) is 11.0. The molecule has 0 unspecified atom stereocenters. The number of furan rings is 1. The number of hydrogen-bond acceptors (Lipinski definition) is 2. The Kier molecular flexibility index (Phi) is 3.97. The number of anilines is 1. The second kappa shape index (κ2) is 5.48. The maximum atomic E-state index is 5.93. The van der Waals surface area contributed by atoms with E-state index in [0.29, 0.717) is 16.6 Å². The molecular formula is C13H13Cl2NO. The highest BCUT2D eigenvalue weighted by Crippen LogP contribution is 2.25. The molecule has 0 atom stereocenters. The van der Waals surface area contributed by atoms with Crippen molar-refractivity contribution in [3.8, 4) is 0 Å². The van der Waals surface area contributed by atoms with Gasteiger partial charge in [-0.3, -0.25) is 0 Å². The van der Waals surface area contributed by atoms with Crippen LogP contribution in [0.3, 0.4) is 0 Å². The SMILES string of the molecule is CCc1ccc(CNc2ccc(Cl)c(Cl)c2)o1. The van der Waals surface area contributed by atoms with Crippen LogP contribution in [0.1, 0.15) is 18.4 Å². The molecule has 2 rings (SSSR count). The van der Waals surface area contributed by atoms with E-state index in [9.17, 15) is 0 Å². The molecule has 4 heteroatoms. The van der Waals surface area contributed by atoms with Crippen molar-refractivity contribution in [3.05, 3.63) is 51.9 Å². The fourth-order valence-electron chi connectivity index (χ4n) is 1.50. The van der Waals surface area contributed by atoms with Crippen LogP contribution >= 0.6 is 23.2 Å². The maximum Gasteiger partial charge on any atom is 0.123 e. The Hall–Kier alpha value is -1.12. The first-order chi connectivity index (χ1) is 8.19. The molecule has 90 valence electrons. The van der Waals surface area contributed by atoms with Crippen LogP contribution in [0.2, 0.25) is 10.0 Å². The quantitative estimate of drug-likeness (QED) is 0.866. The second-order valence-electron chi connectivity index (χ2n) is 3.70. The van der Waals surface area contributed by atoms with Crippen molar-refractivity contribution in [2.24, 2.45) is 0 Å². The Morgan fingerprint density at radius 3 is 2.47 bits per heavy atom. The van der Waals surface area contributed by atoms with Crippen LogP contribution in [0.5, 0.6) is 0 Å². The van der Waals surface area contributed by atoms with Crippen LogP contribution in [0.15, 0.2) is 34.7 Å². The summed E-state index contributed by atoms with van der Waals surface area (Å²) in [6.07, 6.45) is 0.909. The first kappa shape index (κ1) is 12.3. The van der Waals surface area contributed by atoms with Crippen LogP contribution in [0, 0.1) is 0 Å². The van der Waals surface area contributed by atoms with E-state index in [2.05, 4.69) is 12.2 Å². The predicted molar refractivity (Wildman–Crippen MR) is 71.9 cm³/mol. The van der Waals surface area contributed by atoms with Gasteiger partial charge in [-0.1, -0.05) is 30.1 Å². The van der Waals surface area contributed by atoms with E-state index < -0.39 is 0 Å². The smallest absolute Gasteiger partial charge is 0.123 e. The number of aryl methyl sites for hydroxylation is 1. The van der Waals surface area contributed by atoms with Gasteiger partial charge in [0, 0.05) is 12.1 Å². The van der Waals surface area contributed by atoms with E-state index in [1.807, 2.05) is 18.2 Å². The van der Waals surface area contributed by atoms with Gasteiger partial charge in [-0.2, -0.15) is 0 Å². The Morgan fingerprint density at radius 1 is 1.06 bits per heavy atom. The molecule has 1 aromatic heterocycles. The summed E-state index contributed by atoms with van der Waals surface area (Å²) in [6.45, 7) is 2.70. The topological polar surface area (TPSA) is 25.2 Å². The highest BCUT2D eigenvalue weighted by atomic mass is 35.5. The van der Waals surface area contributed by atoms with E-state index >= 15 is 0 Å². The Bertz CT molecular complexity index is 508. The molecule has 17 heavy (non-hydrogen) atoms. The average Bonchev–Trinajstić information content (AvgIpc) is 2.79. The summed E-state index contributed by atoms with van der Waals surface area (Å²) in [6, 6.07) is 9.42. The standard InChI is InChI=1S/C13H13Cl2NO/c1-2-10-4-5-11(17-10)8-16-9-3-6-12(14)13(15)7-9/h3-7,16H,2,8H2,1H3. The minimum Gasteiger partial charge on any atom is -0.464 e. The van der Waals surface area contributed by atoms with Crippen molar-refractivity contribution >= 4 is 28.9 Å². The molecule has 0 spiro atoms. The van der Waals surface area contributed by atoms with Crippen LogP contribution in [0.4, 0.5) is 5.69 Å². The molecule has 0 saturated carbocycles. The van der Waals surface area contributed by atoms with Crippen molar-refractivity contribution in [1.29, 1.82) is 0 Å².